The second-order valence-electron chi connectivity index (χ2n) is 8.11. The molecule has 3 aliphatic rings. The molecule has 0 saturated carbocycles. The van der Waals surface area contributed by atoms with E-state index in [2.05, 4.69) is 50.5 Å². The molecule has 0 aromatic carbocycles. The average molecular weight is 376 g/mol. The van der Waals surface area contributed by atoms with E-state index in [9.17, 15) is 0 Å². The van der Waals surface area contributed by atoms with E-state index in [0.717, 1.165) is 96.4 Å². The molecule has 0 amide bonds. The summed E-state index contributed by atoms with van der Waals surface area (Å²) < 4.78 is 0. The van der Waals surface area contributed by atoms with Crippen molar-refractivity contribution in [3.05, 3.63) is 0 Å². The standard InChI is InChI=1S/C18H33N9/c1-22-4-10-25(11-5-22)16-19-17(26-12-6-23(2)7-13-26)21-18(20-16)27-14-8-24(3)9-15-27/h4-15H2,1-3H3. The first-order valence-electron chi connectivity index (χ1n) is 10.1. The largest absolute Gasteiger partial charge is 0.338 e. The SMILES string of the molecule is CN1CCN(c2nc(N3CCN(C)CC3)nc(N3CCN(C)CC3)n2)CC1. The molecular formula is C18H33N9. The first-order chi connectivity index (χ1) is 13.1. The van der Waals surface area contributed by atoms with E-state index in [-0.39, 0.29) is 0 Å². The first-order valence-corrected chi connectivity index (χ1v) is 10.1. The molecule has 0 N–H and O–H groups in total. The highest BCUT2D eigenvalue weighted by Crippen LogP contribution is 2.21. The Labute approximate surface area is 162 Å². The summed E-state index contributed by atoms with van der Waals surface area (Å²) >= 11 is 0. The molecule has 1 aromatic heterocycles. The minimum atomic E-state index is 0.848. The van der Waals surface area contributed by atoms with Crippen LogP contribution in [0.3, 0.4) is 0 Å². The molecule has 0 atom stereocenters. The van der Waals surface area contributed by atoms with Gasteiger partial charge in [0.25, 0.3) is 0 Å². The van der Waals surface area contributed by atoms with Crippen LogP contribution in [0.15, 0.2) is 0 Å². The highest BCUT2D eigenvalue weighted by molar-refractivity contribution is 5.47. The molecule has 3 fully saturated rings. The molecule has 0 bridgehead atoms. The van der Waals surface area contributed by atoms with E-state index < -0.39 is 0 Å². The number of hydrogen-bond acceptors (Lipinski definition) is 9. The van der Waals surface area contributed by atoms with E-state index in [1.807, 2.05) is 0 Å². The molecule has 0 radical (unpaired) electrons. The lowest BCUT2D eigenvalue weighted by atomic mass is 10.3. The van der Waals surface area contributed by atoms with Gasteiger partial charge in [0.1, 0.15) is 0 Å². The summed E-state index contributed by atoms with van der Waals surface area (Å²) in [6.07, 6.45) is 0. The van der Waals surface area contributed by atoms with Gasteiger partial charge in [0, 0.05) is 78.5 Å². The van der Waals surface area contributed by atoms with Crippen molar-refractivity contribution in [1.29, 1.82) is 0 Å². The zero-order chi connectivity index (χ0) is 18.8. The van der Waals surface area contributed by atoms with Gasteiger partial charge in [-0.2, -0.15) is 15.0 Å². The minimum Gasteiger partial charge on any atom is -0.338 e. The van der Waals surface area contributed by atoms with Crippen molar-refractivity contribution in [2.45, 2.75) is 0 Å². The maximum absolute atomic E-state index is 4.90. The van der Waals surface area contributed by atoms with Crippen LogP contribution in [0.1, 0.15) is 0 Å². The van der Waals surface area contributed by atoms with Gasteiger partial charge >= 0.3 is 0 Å². The third-order valence-corrected chi connectivity index (χ3v) is 5.96. The Morgan fingerprint density at radius 1 is 0.407 bits per heavy atom. The molecule has 3 aliphatic heterocycles. The molecule has 3 saturated heterocycles. The summed E-state index contributed by atoms with van der Waals surface area (Å²) in [6.45, 7) is 12.2. The molecule has 9 nitrogen and oxygen atoms in total. The lowest BCUT2D eigenvalue weighted by molar-refractivity contribution is 0.306. The van der Waals surface area contributed by atoms with Crippen LogP contribution in [-0.2, 0) is 0 Å². The summed E-state index contributed by atoms with van der Waals surface area (Å²) in [5, 5.41) is 0. The van der Waals surface area contributed by atoms with Gasteiger partial charge in [0.05, 0.1) is 0 Å². The van der Waals surface area contributed by atoms with Gasteiger partial charge in [-0.05, 0) is 21.1 Å². The second-order valence-corrected chi connectivity index (χ2v) is 8.11. The Hall–Kier alpha value is -1.71. The van der Waals surface area contributed by atoms with Crippen molar-refractivity contribution in [3.63, 3.8) is 0 Å². The maximum atomic E-state index is 4.90. The van der Waals surface area contributed by atoms with Crippen LogP contribution in [-0.4, -0.2) is 129 Å². The molecule has 150 valence electrons. The molecule has 9 heteroatoms. The molecule has 0 aliphatic carbocycles. The van der Waals surface area contributed by atoms with Crippen LogP contribution in [0.2, 0.25) is 0 Å². The predicted molar refractivity (Wildman–Crippen MR) is 109 cm³/mol. The van der Waals surface area contributed by atoms with Crippen molar-refractivity contribution >= 4 is 17.8 Å². The van der Waals surface area contributed by atoms with Gasteiger partial charge in [-0.15, -0.1) is 0 Å². The summed E-state index contributed by atoms with van der Waals surface area (Å²) in [5.74, 6) is 2.54. The Balaban J connectivity index is 1.59. The van der Waals surface area contributed by atoms with Crippen LogP contribution in [0.5, 0.6) is 0 Å². The molecule has 1 aromatic rings. The predicted octanol–water partition coefficient (Wildman–Crippen LogP) is -0.873. The van der Waals surface area contributed by atoms with E-state index in [4.69, 9.17) is 15.0 Å². The van der Waals surface area contributed by atoms with E-state index in [0.29, 0.717) is 0 Å². The molecular weight excluding hydrogens is 342 g/mol. The number of aromatic nitrogens is 3. The molecule has 4 rings (SSSR count). The highest BCUT2D eigenvalue weighted by atomic mass is 15.4. The lowest BCUT2D eigenvalue weighted by Gasteiger charge is -2.36. The monoisotopic (exact) mass is 375 g/mol. The normalized spacial score (nSPS) is 23.9. The average Bonchev–Trinajstić information content (AvgIpc) is 2.69. The number of rotatable bonds is 3. The lowest BCUT2D eigenvalue weighted by Crippen LogP contribution is -2.48. The molecule has 4 heterocycles. The topological polar surface area (TPSA) is 58.1 Å². The Morgan fingerprint density at radius 3 is 0.852 bits per heavy atom. The van der Waals surface area contributed by atoms with Gasteiger partial charge in [-0.3, -0.25) is 0 Å². The molecule has 0 unspecified atom stereocenters. The van der Waals surface area contributed by atoms with Crippen molar-refractivity contribution in [3.8, 4) is 0 Å². The zero-order valence-electron chi connectivity index (χ0n) is 17.0. The molecule has 27 heavy (non-hydrogen) atoms. The fraction of sp³-hybridized carbons (Fsp3) is 0.833. The number of nitrogens with zero attached hydrogens (tertiary/aromatic N) is 9. The van der Waals surface area contributed by atoms with E-state index in [1.54, 1.807) is 0 Å². The third-order valence-electron chi connectivity index (χ3n) is 5.96. The van der Waals surface area contributed by atoms with Crippen LogP contribution in [0.4, 0.5) is 17.8 Å². The highest BCUT2D eigenvalue weighted by Gasteiger charge is 2.25. The van der Waals surface area contributed by atoms with Crippen LogP contribution < -0.4 is 14.7 Å². The summed E-state index contributed by atoms with van der Waals surface area (Å²) in [7, 11) is 6.53. The summed E-state index contributed by atoms with van der Waals surface area (Å²) in [6, 6.07) is 0. The zero-order valence-corrected chi connectivity index (χ0v) is 17.0. The van der Waals surface area contributed by atoms with Crippen LogP contribution in [0, 0.1) is 0 Å². The van der Waals surface area contributed by atoms with Crippen LogP contribution in [0.25, 0.3) is 0 Å². The Morgan fingerprint density at radius 2 is 0.630 bits per heavy atom. The van der Waals surface area contributed by atoms with Gasteiger partial charge in [-0.1, -0.05) is 0 Å². The van der Waals surface area contributed by atoms with Crippen molar-refractivity contribution in [2.24, 2.45) is 0 Å². The fourth-order valence-corrected chi connectivity index (χ4v) is 3.79. The smallest absolute Gasteiger partial charge is 0.232 e. The minimum absolute atomic E-state index is 0.848. The molecule has 0 spiro atoms. The van der Waals surface area contributed by atoms with Crippen molar-refractivity contribution in [1.82, 2.24) is 29.7 Å². The number of hydrogen-bond donors (Lipinski definition) is 0. The van der Waals surface area contributed by atoms with Crippen molar-refractivity contribution in [2.75, 3.05) is 114 Å². The Kier molecular flexibility index (Phi) is 5.60. The van der Waals surface area contributed by atoms with E-state index in [1.165, 1.54) is 0 Å². The summed E-state index contributed by atoms with van der Waals surface area (Å²) in [4.78, 5) is 28.7. The third kappa shape index (κ3) is 4.41. The summed E-state index contributed by atoms with van der Waals surface area (Å²) in [5.41, 5.74) is 0. The Bertz CT molecular complexity index is 517. The maximum Gasteiger partial charge on any atom is 0.232 e. The number of piperazine rings is 3. The van der Waals surface area contributed by atoms with Gasteiger partial charge in [0.15, 0.2) is 0 Å². The van der Waals surface area contributed by atoms with Crippen LogP contribution >= 0.6 is 0 Å². The fourth-order valence-electron chi connectivity index (χ4n) is 3.79. The van der Waals surface area contributed by atoms with Gasteiger partial charge in [-0.25, -0.2) is 0 Å². The number of likely N-dealkylation sites (N-methyl/N-ethyl adjacent to an activating group) is 3. The second kappa shape index (κ2) is 8.12. The van der Waals surface area contributed by atoms with Gasteiger partial charge < -0.3 is 29.4 Å². The van der Waals surface area contributed by atoms with Gasteiger partial charge in [0.2, 0.25) is 17.8 Å². The van der Waals surface area contributed by atoms with E-state index >= 15 is 0 Å². The quantitative estimate of drug-likeness (QED) is 0.671. The van der Waals surface area contributed by atoms with Crippen molar-refractivity contribution < 1.29 is 0 Å². The number of anilines is 3. The first kappa shape index (κ1) is 18.6.